The molecule has 0 atom stereocenters. The number of rotatable bonds is 4. The average Bonchev–Trinajstić information content (AvgIpc) is 3.03. The molecule has 0 saturated carbocycles. The van der Waals surface area contributed by atoms with Crippen LogP contribution >= 0.6 is 11.3 Å². The Labute approximate surface area is 160 Å². The van der Waals surface area contributed by atoms with E-state index in [9.17, 15) is 4.79 Å². The first-order valence-electron chi connectivity index (χ1n) is 9.19. The van der Waals surface area contributed by atoms with Crippen molar-refractivity contribution in [2.24, 2.45) is 0 Å². The summed E-state index contributed by atoms with van der Waals surface area (Å²) in [5.41, 5.74) is 0.821. The first-order chi connectivity index (χ1) is 12.2. The van der Waals surface area contributed by atoms with Crippen LogP contribution in [0.25, 0.3) is 0 Å². The molecule has 0 unspecified atom stereocenters. The number of nitrogens with zero attached hydrogens (tertiary/aromatic N) is 1. The highest BCUT2D eigenvalue weighted by Gasteiger charge is 2.41. The van der Waals surface area contributed by atoms with Crippen molar-refractivity contribution in [2.75, 3.05) is 5.32 Å². The van der Waals surface area contributed by atoms with Gasteiger partial charge >= 0.3 is 6.03 Å². The molecule has 0 bridgehead atoms. The molecule has 0 spiro atoms. The van der Waals surface area contributed by atoms with Gasteiger partial charge in [-0.3, -0.25) is 0 Å². The largest absolute Gasteiger partial charge is 0.322 e. The van der Waals surface area contributed by atoms with E-state index in [0.29, 0.717) is 6.54 Å². The third-order valence-electron chi connectivity index (χ3n) is 4.80. The minimum atomic E-state index is -0.0249. The Kier molecular flexibility index (Phi) is 5.39. The topological polar surface area (TPSA) is 44.4 Å². The van der Waals surface area contributed by atoms with Crippen LogP contribution in [-0.4, -0.2) is 28.1 Å². The first-order valence-corrected chi connectivity index (χ1v) is 10.1. The molecule has 1 fully saturated rings. The lowest BCUT2D eigenvalue weighted by molar-refractivity contribution is 0.0840. The smallest absolute Gasteiger partial charge is 0.316 e. The quantitative estimate of drug-likeness (QED) is 0.786. The third kappa shape index (κ3) is 4.86. The maximum absolute atomic E-state index is 13.2. The van der Waals surface area contributed by atoms with Gasteiger partial charge in [0.25, 0.3) is 0 Å². The molecule has 0 radical (unpaired) electrons. The summed E-state index contributed by atoms with van der Waals surface area (Å²) in [5.74, 6) is 0. The van der Waals surface area contributed by atoms with Gasteiger partial charge in [-0.1, -0.05) is 24.3 Å². The van der Waals surface area contributed by atoms with Gasteiger partial charge in [-0.05, 0) is 64.1 Å². The SMILES string of the molecule is CC1(C)CC(N(Cc2cccs2)C(=O)Nc2ccccc2)CC(C)(C)N1. The normalized spacial score (nSPS) is 19.1. The molecular weight excluding hydrogens is 342 g/mol. The molecule has 4 nitrogen and oxygen atoms in total. The van der Waals surface area contributed by atoms with Crippen LogP contribution in [0, 0.1) is 0 Å². The average molecular weight is 372 g/mol. The summed E-state index contributed by atoms with van der Waals surface area (Å²) in [6.45, 7) is 9.53. The van der Waals surface area contributed by atoms with E-state index in [1.165, 1.54) is 4.88 Å². The van der Waals surface area contributed by atoms with Gasteiger partial charge in [0.1, 0.15) is 0 Å². The molecule has 5 heteroatoms. The molecule has 2 N–H and O–H groups in total. The lowest BCUT2D eigenvalue weighted by Crippen LogP contribution is -2.63. The summed E-state index contributed by atoms with van der Waals surface area (Å²) in [6.07, 6.45) is 1.87. The number of amides is 2. The summed E-state index contributed by atoms with van der Waals surface area (Å²) < 4.78 is 0. The van der Waals surface area contributed by atoms with Crippen molar-refractivity contribution >= 4 is 23.1 Å². The molecule has 2 aromatic rings. The van der Waals surface area contributed by atoms with Crippen molar-refractivity contribution in [3.8, 4) is 0 Å². The van der Waals surface area contributed by atoms with Crippen LogP contribution in [0.5, 0.6) is 0 Å². The van der Waals surface area contributed by atoms with E-state index in [1.807, 2.05) is 41.3 Å². The number of piperidine rings is 1. The zero-order chi connectivity index (χ0) is 18.8. The highest BCUT2D eigenvalue weighted by Crippen LogP contribution is 2.33. The fourth-order valence-electron chi connectivity index (χ4n) is 4.14. The minimum absolute atomic E-state index is 0.00680. The highest BCUT2D eigenvalue weighted by atomic mass is 32.1. The molecule has 0 aliphatic carbocycles. The van der Waals surface area contributed by atoms with Crippen LogP contribution in [0.1, 0.15) is 45.4 Å². The number of para-hydroxylation sites is 1. The van der Waals surface area contributed by atoms with Gasteiger partial charge in [-0.15, -0.1) is 11.3 Å². The number of nitrogens with one attached hydrogen (secondary N) is 2. The Balaban J connectivity index is 1.84. The number of carbonyl (C=O) groups excluding carboxylic acids is 1. The minimum Gasteiger partial charge on any atom is -0.316 e. The number of hydrogen-bond donors (Lipinski definition) is 2. The van der Waals surface area contributed by atoms with Crippen molar-refractivity contribution in [1.29, 1.82) is 0 Å². The van der Waals surface area contributed by atoms with E-state index >= 15 is 0 Å². The van der Waals surface area contributed by atoms with Gasteiger partial charge < -0.3 is 15.5 Å². The van der Waals surface area contributed by atoms with Crippen molar-refractivity contribution in [2.45, 2.75) is 64.2 Å². The summed E-state index contributed by atoms with van der Waals surface area (Å²) in [6, 6.07) is 14.0. The van der Waals surface area contributed by atoms with Crippen LogP contribution in [0.4, 0.5) is 10.5 Å². The fourth-order valence-corrected chi connectivity index (χ4v) is 4.85. The molecule has 26 heavy (non-hydrogen) atoms. The number of anilines is 1. The van der Waals surface area contributed by atoms with Gasteiger partial charge in [0.05, 0.1) is 6.54 Å². The molecule has 1 aromatic carbocycles. The first kappa shape index (κ1) is 18.9. The van der Waals surface area contributed by atoms with Gasteiger partial charge in [0, 0.05) is 27.7 Å². The number of urea groups is 1. The van der Waals surface area contributed by atoms with Crippen molar-refractivity contribution < 1.29 is 4.79 Å². The maximum atomic E-state index is 13.2. The molecule has 1 aliphatic heterocycles. The van der Waals surface area contributed by atoms with Crippen LogP contribution in [0.3, 0.4) is 0 Å². The zero-order valence-electron chi connectivity index (χ0n) is 16.1. The molecular formula is C21H29N3OS. The Morgan fingerprint density at radius 3 is 2.35 bits per heavy atom. The summed E-state index contributed by atoms with van der Waals surface area (Å²) in [5, 5.41) is 8.85. The van der Waals surface area contributed by atoms with Crippen LogP contribution in [-0.2, 0) is 6.54 Å². The lowest BCUT2D eigenvalue weighted by Gasteiger charge is -2.49. The lowest BCUT2D eigenvalue weighted by atomic mass is 9.79. The highest BCUT2D eigenvalue weighted by molar-refractivity contribution is 7.09. The summed E-state index contributed by atoms with van der Waals surface area (Å²) in [4.78, 5) is 16.4. The number of carbonyl (C=O) groups is 1. The van der Waals surface area contributed by atoms with E-state index in [-0.39, 0.29) is 23.2 Å². The third-order valence-corrected chi connectivity index (χ3v) is 5.66. The van der Waals surface area contributed by atoms with Crippen LogP contribution in [0.2, 0.25) is 0 Å². The van der Waals surface area contributed by atoms with E-state index in [2.05, 4.69) is 49.8 Å². The van der Waals surface area contributed by atoms with E-state index in [0.717, 1.165) is 18.5 Å². The molecule has 3 rings (SSSR count). The van der Waals surface area contributed by atoms with E-state index in [1.54, 1.807) is 11.3 Å². The van der Waals surface area contributed by atoms with Crippen LogP contribution in [0.15, 0.2) is 47.8 Å². The Bertz CT molecular complexity index is 709. The number of hydrogen-bond acceptors (Lipinski definition) is 3. The maximum Gasteiger partial charge on any atom is 0.322 e. The Hall–Kier alpha value is -1.85. The standard InChI is InChI=1S/C21H29N3OS/c1-20(2)13-17(14-21(3,4)23-20)24(15-18-11-8-12-26-18)19(25)22-16-9-6-5-7-10-16/h5-12,17,23H,13-15H2,1-4H3,(H,22,25). The Morgan fingerprint density at radius 2 is 1.77 bits per heavy atom. The number of benzene rings is 1. The van der Waals surface area contributed by atoms with Crippen LogP contribution < -0.4 is 10.6 Å². The van der Waals surface area contributed by atoms with Gasteiger partial charge in [-0.25, -0.2) is 4.79 Å². The van der Waals surface area contributed by atoms with Crippen molar-refractivity contribution in [3.05, 3.63) is 52.7 Å². The Morgan fingerprint density at radius 1 is 1.12 bits per heavy atom. The second-order valence-corrected chi connectivity index (χ2v) is 9.49. The molecule has 1 aliphatic rings. The monoisotopic (exact) mass is 371 g/mol. The van der Waals surface area contributed by atoms with E-state index in [4.69, 9.17) is 0 Å². The second kappa shape index (κ2) is 7.41. The zero-order valence-corrected chi connectivity index (χ0v) is 16.9. The molecule has 1 saturated heterocycles. The molecule has 2 heterocycles. The molecule has 140 valence electrons. The summed E-state index contributed by atoms with van der Waals surface area (Å²) in [7, 11) is 0. The molecule has 1 aromatic heterocycles. The number of thiophene rings is 1. The molecule has 2 amide bonds. The predicted octanol–water partition coefficient (Wildman–Crippen LogP) is 5.09. The van der Waals surface area contributed by atoms with Gasteiger partial charge in [-0.2, -0.15) is 0 Å². The fraction of sp³-hybridized carbons (Fsp3) is 0.476. The van der Waals surface area contributed by atoms with E-state index < -0.39 is 0 Å². The van der Waals surface area contributed by atoms with Gasteiger partial charge in [0.2, 0.25) is 0 Å². The second-order valence-electron chi connectivity index (χ2n) is 8.46. The predicted molar refractivity (Wildman–Crippen MR) is 110 cm³/mol. The van der Waals surface area contributed by atoms with Crippen molar-refractivity contribution in [3.63, 3.8) is 0 Å². The van der Waals surface area contributed by atoms with Gasteiger partial charge in [0.15, 0.2) is 0 Å². The van der Waals surface area contributed by atoms with Crippen molar-refractivity contribution in [1.82, 2.24) is 10.2 Å². The summed E-state index contributed by atoms with van der Waals surface area (Å²) >= 11 is 1.70.